The van der Waals surface area contributed by atoms with E-state index in [1.807, 2.05) is 0 Å². The Morgan fingerprint density at radius 3 is 1.90 bits per heavy atom. The molecular formula is C40H25NO. The van der Waals surface area contributed by atoms with E-state index in [1.54, 1.807) is 0 Å². The van der Waals surface area contributed by atoms with Crippen molar-refractivity contribution in [1.29, 1.82) is 0 Å². The molecule has 9 rings (SSSR count). The summed E-state index contributed by atoms with van der Waals surface area (Å²) in [5.41, 5.74) is 10.1. The van der Waals surface area contributed by atoms with Crippen molar-refractivity contribution in [2.75, 3.05) is 0 Å². The first-order valence-electron chi connectivity index (χ1n) is 14.4. The van der Waals surface area contributed by atoms with Gasteiger partial charge in [0.1, 0.15) is 11.2 Å². The highest BCUT2D eigenvalue weighted by molar-refractivity contribution is 6.19. The first-order valence-corrected chi connectivity index (χ1v) is 14.4. The SMILES string of the molecule is c1ccc(-n2c3ccccc3c3ccc(-c4cccc(-c5ccc6c(c5)oc5ccc7ccccc7c56)c4)cc32)cc1. The molecule has 0 unspecified atom stereocenters. The lowest BCUT2D eigenvalue weighted by Gasteiger charge is -2.10. The summed E-state index contributed by atoms with van der Waals surface area (Å²) >= 11 is 0. The number of aromatic nitrogens is 1. The molecule has 0 aliphatic heterocycles. The molecule has 0 atom stereocenters. The molecule has 0 fully saturated rings. The van der Waals surface area contributed by atoms with Gasteiger partial charge in [0.2, 0.25) is 0 Å². The molecule has 0 radical (unpaired) electrons. The lowest BCUT2D eigenvalue weighted by molar-refractivity contribution is 0.669. The summed E-state index contributed by atoms with van der Waals surface area (Å²) < 4.78 is 8.74. The molecule has 0 N–H and O–H groups in total. The maximum Gasteiger partial charge on any atom is 0.136 e. The predicted octanol–water partition coefficient (Wildman–Crippen LogP) is 11.2. The summed E-state index contributed by atoms with van der Waals surface area (Å²) in [6.45, 7) is 0. The van der Waals surface area contributed by atoms with Gasteiger partial charge < -0.3 is 8.98 Å². The highest BCUT2D eigenvalue weighted by Gasteiger charge is 2.14. The molecule has 0 aliphatic carbocycles. The van der Waals surface area contributed by atoms with Crippen LogP contribution in [0.15, 0.2) is 156 Å². The van der Waals surface area contributed by atoms with Crippen molar-refractivity contribution in [3.05, 3.63) is 152 Å². The van der Waals surface area contributed by atoms with E-state index >= 15 is 0 Å². The topological polar surface area (TPSA) is 18.1 Å². The largest absolute Gasteiger partial charge is 0.456 e. The summed E-state index contributed by atoms with van der Waals surface area (Å²) in [4.78, 5) is 0. The fraction of sp³-hybridized carbons (Fsp3) is 0. The maximum absolute atomic E-state index is 6.37. The highest BCUT2D eigenvalue weighted by atomic mass is 16.3. The number of nitrogens with zero attached hydrogens (tertiary/aromatic N) is 1. The summed E-state index contributed by atoms with van der Waals surface area (Å²) in [7, 11) is 0. The zero-order chi connectivity index (χ0) is 27.6. The highest BCUT2D eigenvalue weighted by Crippen LogP contribution is 2.38. The average Bonchev–Trinajstić information content (AvgIpc) is 3.60. The zero-order valence-corrected chi connectivity index (χ0v) is 22.8. The third-order valence-electron chi connectivity index (χ3n) is 8.58. The van der Waals surface area contributed by atoms with Crippen LogP contribution in [0.1, 0.15) is 0 Å². The summed E-state index contributed by atoms with van der Waals surface area (Å²) in [6.07, 6.45) is 0. The molecule has 0 aliphatic rings. The maximum atomic E-state index is 6.37. The first-order chi connectivity index (χ1) is 20.8. The van der Waals surface area contributed by atoms with Crippen LogP contribution >= 0.6 is 0 Å². The predicted molar refractivity (Wildman–Crippen MR) is 176 cm³/mol. The molecule has 2 aromatic heterocycles. The quantitative estimate of drug-likeness (QED) is 0.220. The van der Waals surface area contributed by atoms with Crippen molar-refractivity contribution >= 4 is 54.5 Å². The number of hydrogen-bond acceptors (Lipinski definition) is 1. The molecule has 9 aromatic rings. The minimum atomic E-state index is 0.915. The van der Waals surface area contributed by atoms with Gasteiger partial charge in [0.15, 0.2) is 0 Å². The van der Waals surface area contributed by atoms with Crippen LogP contribution < -0.4 is 0 Å². The first kappa shape index (κ1) is 23.1. The summed E-state index contributed by atoms with van der Waals surface area (Å²) in [5.74, 6) is 0. The summed E-state index contributed by atoms with van der Waals surface area (Å²) in [5, 5.41) is 7.33. The van der Waals surface area contributed by atoms with Crippen molar-refractivity contribution in [2.45, 2.75) is 0 Å². The van der Waals surface area contributed by atoms with Crippen LogP contribution in [0.3, 0.4) is 0 Å². The molecule has 196 valence electrons. The number of rotatable bonds is 3. The Morgan fingerprint density at radius 2 is 1.05 bits per heavy atom. The van der Waals surface area contributed by atoms with Gasteiger partial charge >= 0.3 is 0 Å². The third kappa shape index (κ3) is 3.45. The molecule has 0 saturated heterocycles. The molecule has 2 heteroatoms. The standard InChI is InChI=1S/C40H25NO/c1-2-12-31(13-3-1)41-36-16-7-6-15-33(36)34-20-17-29(24-37(34)41)27-10-8-11-28(23-27)30-18-21-35-39(25-30)42-38-22-19-26-9-4-5-14-32(26)40(35)38/h1-25H. The van der Waals surface area contributed by atoms with Gasteiger partial charge in [-0.3, -0.25) is 0 Å². The molecular weight excluding hydrogens is 510 g/mol. The van der Waals surface area contributed by atoms with Gasteiger partial charge in [-0.2, -0.15) is 0 Å². The van der Waals surface area contributed by atoms with Crippen LogP contribution in [0.4, 0.5) is 0 Å². The number of para-hydroxylation sites is 2. The Hall–Kier alpha value is -5.60. The van der Waals surface area contributed by atoms with Crippen LogP contribution in [0, 0.1) is 0 Å². The minimum Gasteiger partial charge on any atom is -0.456 e. The molecule has 0 saturated carbocycles. The molecule has 0 amide bonds. The van der Waals surface area contributed by atoms with E-state index in [1.165, 1.54) is 60.3 Å². The lowest BCUT2D eigenvalue weighted by atomic mass is 9.97. The second-order valence-corrected chi connectivity index (χ2v) is 11.0. The number of hydrogen-bond donors (Lipinski definition) is 0. The Labute approximate surface area is 242 Å². The zero-order valence-electron chi connectivity index (χ0n) is 22.8. The smallest absolute Gasteiger partial charge is 0.136 e. The summed E-state index contributed by atoms with van der Waals surface area (Å²) in [6, 6.07) is 54.3. The molecule has 2 heterocycles. The van der Waals surface area contributed by atoms with E-state index in [9.17, 15) is 0 Å². The number of fused-ring (bicyclic) bond motifs is 8. The van der Waals surface area contributed by atoms with Crippen molar-refractivity contribution in [1.82, 2.24) is 4.57 Å². The van der Waals surface area contributed by atoms with E-state index < -0.39 is 0 Å². The van der Waals surface area contributed by atoms with E-state index in [4.69, 9.17) is 4.42 Å². The number of furan rings is 1. The van der Waals surface area contributed by atoms with Gasteiger partial charge in [0.05, 0.1) is 11.0 Å². The fourth-order valence-electron chi connectivity index (χ4n) is 6.61. The monoisotopic (exact) mass is 535 g/mol. The van der Waals surface area contributed by atoms with E-state index in [2.05, 4.69) is 156 Å². The van der Waals surface area contributed by atoms with Gasteiger partial charge in [-0.15, -0.1) is 0 Å². The Balaban J connectivity index is 1.18. The third-order valence-corrected chi connectivity index (χ3v) is 8.58. The van der Waals surface area contributed by atoms with Gasteiger partial charge in [-0.05, 0) is 81.6 Å². The molecule has 2 nitrogen and oxygen atoms in total. The van der Waals surface area contributed by atoms with Crippen LogP contribution in [0.5, 0.6) is 0 Å². The van der Waals surface area contributed by atoms with Crippen LogP contribution in [0.2, 0.25) is 0 Å². The number of benzene rings is 7. The second-order valence-electron chi connectivity index (χ2n) is 11.0. The van der Waals surface area contributed by atoms with Crippen molar-refractivity contribution in [3.63, 3.8) is 0 Å². The van der Waals surface area contributed by atoms with Gasteiger partial charge in [0.25, 0.3) is 0 Å². The Morgan fingerprint density at radius 1 is 0.381 bits per heavy atom. The van der Waals surface area contributed by atoms with Crippen molar-refractivity contribution < 1.29 is 4.42 Å². The van der Waals surface area contributed by atoms with Gasteiger partial charge in [-0.25, -0.2) is 0 Å². The Kier molecular flexibility index (Phi) is 4.93. The normalized spacial score (nSPS) is 11.8. The molecule has 7 aromatic carbocycles. The Bertz CT molecular complexity index is 2460. The lowest BCUT2D eigenvalue weighted by Crippen LogP contribution is -1.93. The van der Waals surface area contributed by atoms with Crippen LogP contribution in [-0.4, -0.2) is 4.57 Å². The van der Waals surface area contributed by atoms with Crippen LogP contribution in [0.25, 0.3) is 82.5 Å². The van der Waals surface area contributed by atoms with E-state index in [-0.39, 0.29) is 0 Å². The molecule has 42 heavy (non-hydrogen) atoms. The van der Waals surface area contributed by atoms with Crippen molar-refractivity contribution in [3.8, 4) is 27.9 Å². The van der Waals surface area contributed by atoms with E-state index in [0.717, 1.165) is 22.1 Å². The average molecular weight is 536 g/mol. The van der Waals surface area contributed by atoms with E-state index in [0.29, 0.717) is 0 Å². The molecule has 0 spiro atoms. The van der Waals surface area contributed by atoms with Gasteiger partial charge in [0, 0.05) is 27.2 Å². The molecule has 0 bridgehead atoms. The fourth-order valence-corrected chi connectivity index (χ4v) is 6.61. The van der Waals surface area contributed by atoms with Gasteiger partial charge in [-0.1, -0.05) is 103 Å². The minimum absolute atomic E-state index is 0.915. The second kappa shape index (κ2) is 8.95. The van der Waals surface area contributed by atoms with Crippen LogP contribution in [-0.2, 0) is 0 Å². The van der Waals surface area contributed by atoms with Crippen molar-refractivity contribution in [2.24, 2.45) is 0 Å².